The molecule has 4 aromatic carbocycles. The summed E-state index contributed by atoms with van der Waals surface area (Å²) in [5, 5.41) is 9.36. The van der Waals surface area contributed by atoms with Gasteiger partial charge in [0, 0.05) is 19.6 Å². The molecule has 0 unspecified atom stereocenters. The molecule has 5 aromatic rings. The fourth-order valence-corrected chi connectivity index (χ4v) is 5.11. The number of aromatic nitrogens is 2. The van der Waals surface area contributed by atoms with Crippen molar-refractivity contribution in [1.82, 2.24) is 14.7 Å². The zero-order valence-electron chi connectivity index (χ0n) is 22.0. The zero-order chi connectivity index (χ0) is 26.6. The minimum absolute atomic E-state index is 0.284. The molecule has 1 aromatic heterocycles. The second-order valence-electron chi connectivity index (χ2n) is 9.57. The average Bonchev–Trinajstić information content (AvgIpc) is 3.40. The lowest BCUT2D eigenvalue weighted by atomic mass is 9.95. The highest BCUT2D eigenvalue weighted by atomic mass is 16.5. The van der Waals surface area contributed by atoms with Crippen LogP contribution in [0.25, 0.3) is 38.4 Å². The molecular formula is C32H31N3O4. The van der Waals surface area contributed by atoms with Gasteiger partial charge in [0.25, 0.3) is 0 Å². The number of hydrogen-bond acceptors (Lipinski definition) is 6. The highest BCUT2D eigenvalue weighted by Crippen LogP contribution is 2.33. The number of ether oxygens (including phenoxy) is 3. The lowest BCUT2D eigenvalue weighted by Crippen LogP contribution is -2.38. The predicted molar refractivity (Wildman–Crippen MR) is 153 cm³/mol. The van der Waals surface area contributed by atoms with Gasteiger partial charge in [-0.2, -0.15) is 5.10 Å². The molecule has 0 radical (unpaired) electrons. The molecule has 7 heteroatoms. The second kappa shape index (κ2) is 11.3. The quantitative estimate of drug-likeness (QED) is 0.192. The standard InChI is InChI=1S/C32H31N3O4/c1-2-38-32(36)30-22-33-35(31(30)39-19-16-34-14-17-37-18-15-34)27-12-10-23(11-13-27)28-9-5-8-26-20-24-6-3-4-7-25(24)21-29(26)28/h3-13,20-22H,2,14-19H2,1H3. The Kier molecular flexibility index (Phi) is 7.25. The Hall–Kier alpha value is -4.20. The number of morpholine rings is 1. The maximum Gasteiger partial charge on any atom is 0.345 e. The first-order valence-electron chi connectivity index (χ1n) is 13.4. The van der Waals surface area contributed by atoms with E-state index in [1.54, 1.807) is 11.6 Å². The highest BCUT2D eigenvalue weighted by Gasteiger charge is 2.22. The van der Waals surface area contributed by atoms with Gasteiger partial charge in [-0.1, -0.05) is 54.6 Å². The third-order valence-corrected chi connectivity index (χ3v) is 7.14. The third kappa shape index (κ3) is 5.24. The minimum Gasteiger partial charge on any atom is -0.476 e. The van der Waals surface area contributed by atoms with E-state index < -0.39 is 5.97 Å². The zero-order valence-corrected chi connectivity index (χ0v) is 22.0. The highest BCUT2D eigenvalue weighted by molar-refractivity contribution is 6.05. The van der Waals surface area contributed by atoms with Crippen LogP contribution in [0, 0.1) is 0 Å². The van der Waals surface area contributed by atoms with Gasteiger partial charge in [-0.15, -0.1) is 0 Å². The summed E-state index contributed by atoms with van der Waals surface area (Å²) < 4.78 is 18.5. The molecule has 2 heterocycles. The van der Waals surface area contributed by atoms with Crippen molar-refractivity contribution in [1.29, 1.82) is 0 Å². The van der Waals surface area contributed by atoms with E-state index in [0.29, 0.717) is 18.1 Å². The molecule has 39 heavy (non-hydrogen) atoms. The van der Waals surface area contributed by atoms with Crippen LogP contribution in [0.5, 0.6) is 5.88 Å². The van der Waals surface area contributed by atoms with E-state index in [2.05, 4.69) is 76.7 Å². The molecule has 0 N–H and O–H groups in total. The van der Waals surface area contributed by atoms with Crippen molar-refractivity contribution in [2.75, 3.05) is 46.1 Å². The van der Waals surface area contributed by atoms with Crippen molar-refractivity contribution in [3.8, 4) is 22.7 Å². The summed E-state index contributed by atoms with van der Waals surface area (Å²) in [6.07, 6.45) is 1.52. The monoisotopic (exact) mass is 521 g/mol. The number of carbonyl (C=O) groups excluding carboxylic acids is 1. The predicted octanol–water partition coefficient (Wildman–Crippen LogP) is 5.73. The number of hydrogen-bond donors (Lipinski definition) is 0. The van der Waals surface area contributed by atoms with Crippen LogP contribution in [-0.2, 0) is 9.47 Å². The Morgan fingerprint density at radius 1 is 0.923 bits per heavy atom. The van der Waals surface area contributed by atoms with Crippen LogP contribution in [0.4, 0.5) is 0 Å². The van der Waals surface area contributed by atoms with Gasteiger partial charge >= 0.3 is 5.97 Å². The molecule has 1 saturated heterocycles. The Labute approximate surface area is 227 Å². The summed E-state index contributed by atoms with van der Waals surface area (Å²) in [6, 6.07) is 27.5. The van der Waals surface area contributed by atoms with Gasteiger partial charge in [-0.25, -0.2) is 9.48 Å². The van der Waals surface area contributed by atoms with Gasteiger partial charge in [-0.3, -0.25) is 4.90 Å². The largest absolute Gasteiger partial charge is 0.476 e. The fraction of sp³-hybridized carbons (Fsp3) is 0.250. The van der Waals surface area contributed by atoms with Crippen molar-refractivity contribution in [3.63, 3.8) is 0 Å². The summed E-state index contributed by atoms with van der Waals surface area (Å²) in [4.78, 5) is 14.9. The molecule has 198 valence electrons. The van der Waals surface area contributed by atoms with E-state index >= 15 is 0 Å². The maximum absolute atomic E-state index is 12.6. The molecule has 0 aliphatic carbocycles. The Bertz CT molecular complexity index is 1600. The van der Waals surface area contributed by atoms with E-state index in [1.165, 1.54) is 33.3 Å². The molecular weight excluding hydrogens is 490 g/mol. The Morgan fingerprint density at radius 3 is 2.44 bits per heavy atom. The SMILES string of the molecule is CCOC(=O)c1cnn(-c2ccc(-c3cccc4cc5ccccc5cc34)cc2)c1OCCN1CCOCC1. The first kappa shape index (κ1) is 25.1. The fourth-order valence-electron chi connectivity index (χ4n) is 5.11. The van der Waals surface area contributed by atoms with Crippen LogP contribution in [0.2, 0.25) is 0 Å². The first-order valence-corrected chi connectivity index (χ1v) is 13.4. The summed E-state index contributed by atoms with van der Waals surface area (Å²) in [5.74, 6) is -0.0455. The summed E-state index contributed by atoms with van der Waals surface area (Å²) in [5.41, 5.74) is 3.40. The van der Waals surface area contributed by atoms with E-state index in [9.17, 15) is 4.79 Å². The molecule has 0 atom stereocenters. The molecule has 0 amide bonds. The van der Waals surface area contributed by atoms with Crippen molar-refractivity contribution < 1.29 is 19.0 Å². The Morgan fingerprint density at radius 2 is 1.67 bits per heavy atom. The maximum atomic E-state index is 12.6. The van der Waals surface area contributed by atoms with Crippen LogP contribution in [-0.4, -0.2) is 66.7 Å². The number of nitrogens with zero attached hydrogens (tertiary/aromatic N) is 3. The second-order valence-corrected chi connectivity index (χ2v) is 9.57. The first-order chi connectivity index (χ1) is 19.2. The normalized spacial score (nSPS) is 14.1. The van der Waals surface area contributed by atoms with E-state index in [0.717, 1.165) is 44.1 Å². The third-order valence-electron chi connectivity index (χ3n) is 7.14. The summed E-state index contributed by atoms with van der Waals surface area (Å²) in [6.45, 7) is 6.45. The van der Waals surface area contributed by atoms with Gasteiger partial charge < -0.3 is 14.2 Å². The summed E-state index contributed by atoms with van der Waals surface area (Å²) >= 11 is 0. The van der Waals surface area contributed by atoms with Crippen molar-refractivity contribution in [3.05, 3.63) is 90.6 Å². The number of carbonyl (C=O) groups is 1. The molecule has 7 nitrogen and oxygen atoms in total. The van der Waals surface area contributed by atoms with Crippen LogP contribution in [0.1, 0.15) is 17.3 Å². The molecule has 0 bridgehead atoms. The van der Waals surface area contributed by atoms with Gasteiger partial charge in [0.1, 0.15) is 12.2 Å². The Balaban J connectivity index is 1.30. The molecule has 6 rings (SSSR count). The van der Waals surface area contributed by atoms with Crippen LogP contribution in [0.15, 0.2) is 85.1 Å². The summed E-state index contributed by atoms with van der Waals surface area (Å²) in [7, 11) is 0. The van der Waals surface area contributed by atoms with Gasteiger partial charge in [0.2, 0.25) is 5.88 Å². The van der Waals surface area contributed by atoms with Crippen LogP contribution < -0.4 is 4.74 Å². The average molecular weight is 522 g/mol. The van der Waals surface area contributed by atoms with Gasteiger partial charge in [0.05, 0.1) is 31.7 Å². The molecule has 0 saturated carbocycles. The molecule has 1 fully saturated rings. The minimum atomic E-state index is -0.440. The molecule has 0 spiro atoms. The van der Waals surface area contributed by atoms with Crippen LogP contribution >= 0.6 is 0 Å². The number of benzene rings is 4. The number of rotatable bonds is 8. The van der Waals surface area contributed by atoms with Crippen molar-refractivity contribution >= 4 is 27.5 Å². The van der Waals surface area contributed by atoms with Crippen molar-refractivity contribution in [2.24, 2.45) is 0 Å². The van der Waals surface area contributed by atoms with Gasteiger partial charge in [0.15, 0.2) is 0 Å². The smallest absolute Gasteiger partial charge is 0.345 e. The lowest BCUT2D eigenvalue weighted by molar-refractivity contribution is 0.0316. The number of esters is 1. The van der Waals surface area contributed by atoms with Gasteiger partial charge in [-0.05, 0) is 63.9 Å². The molecule has 1 aliphatic heterocycles. The van der Waals surface area contributed by atoms with Crippen LogP contribution in [0.3, 0.4) is 0 Å². The lowest BCUT2D eigenvalue weighted by Gasteiger charge is -2.26. The molecule has 1 aliphatic rings. The number of fused-ring (bicyclic) bond motifs is 2. The van der Waals surface area contributed by atoms with E-state index in [-0.39, 0.29) is 6.61 Å². The topological polar surface area (TPSA) is 65.8 Å². The van der Waals surface area contributed by atoms with E-state index in [4.69, 9.17) is 14.2 Å². The van der Waals surface area contributed by atoms with Crippen molar-refractivity contribution in [2.45, 2.75) is 6.92 Å². The van der Waals surface area contributed by atoms with E-state index in [1.807, 2.05) is 12.1 Å².